The van der Waals surface area contributed by atoms with Crippen LogP contribution in [0.15, 0.2) is 0 Å². The summed E-state index contributed by atoms with van der Waals surface area (Å²) >= 11 is 4.89. The van der Waals surface area contributed by atoms with Crippen LogP contribution in [0.2, 0.25) is 0 Å². The standard InChI is InChI=1S/C8H17I2NS/c1-12(2,11(9)10)8-6-4-3-5-7-8/h8H,3-7H2,1-2H3. The van der Waals surface area contributed by atoms with E-state index in [2.05, 4.69) is 59.0 Å². The average Bonchev–Trinajstić information content (AvgIpc) is 2.06. The van der Waals surface area contributed by atoms with Gasteiger partial charge in [0.05, 0.1) is 0 Å². The summed E-state index contributed by atoms with van der Waals surface area (Å²) in [5.74, 6) is 0. The van der Waals surface area contributed by atoms with E-state index in [4.69, 9.17) is 0 Å². The van der Waals surface area contributed by atoms with Gasteiger partial charge in [-0.05, 0) is 25.4 Å². The Morgan fingerprint density at radius 2 is 1.58 bits per heavy atom. The molecule has 0 aromatic carbocycles. The van der Waals surface area contributed by atoms with E-state index in [1.165, 1.54) is 32.1 Å². The van der Waals surface area contributed by atoms with Crippen LogP contribution in [-0.4, -0.2) is 18.5 Å². The molecule has 0 bridgehead atoms. The Morgan fingerprint density at radius 1 is 1.08 bits per heavy atom. The maximum Gasteiger partial charge on any atom is 0.0414 e. The fourth-order valence-electron chi connectivity index (χ4n) is 1.75. The van der Waals surface area contributed by atoms with Crippen molar-refractivity contribution in [2.24, 2.45) is 0 Å². The molecule has 0 aromatic rings. The van der Waals surface area contributed by atoms with E-state index in [1.54, 1.807) is 0 Å². The normalized spacial score (nSPS) is 23.1. The van der Waals surface area contributed by atoms with Crippen LogP contribution in [0.25, 0.3) is 0 Å². The lowest BCUT2D eigenvalue weighted by Crippen LogP contribution is -2.24. The van der Waals surface area contributed by atoms with Gasteiger partial charge in [0.25, 0.3) is 0 Å². The SMILES string of the molecule is CS(C)(C1CCCCC1)N(I)I. The zero-order valence-electron chi connectivity index (χ0n) is 7.72. The second-order valence-corrected chi connectivity index (χ2v) is 12.6. The first-order chi connectivity index (χ1) is 5.55. The molecule has 1 saturated carbocycles. The number of nitrogens with zero attached hydrogens (tertiary/aromatic N) is 1. The molecule has 4 heteroatoms. The summed E-state index contributed by atoms with van der Waals surface area (Å²) in [6.07, 6.45) is 12.2. The molecular formula is C8H17I2NS. The van der Waals surface area contributed by atoms with Crippen molar-refractivity contribution in [2.75, 3.05) is 12.5 Å². The lowest BCUT2D eigenvalue weighted by Gasteiger charge is -2.44. The maximum atomic E-state index is 2.45. The highest BCUT2D eigenvalue weighted by molar-refractivity contribution is 14.2. The van der Waals surface area contributed by atoms with E-state index >= 15 is 0 Å². The van der Waals surface area contributed by atoms with E-state index in [1.807, 2.05) is 0 Å². The first kappa shape index (κ1) is 11.8. The van der Waals surface area contributed by atoms with Crippen LogP contribution >= 0.6 is 55.9 Å². The fourth-order valence-corrected chi connectivity index (χ4v) is 5.40. The molecule has 0 aliphatic heterocycles. The molecule has 0 unspecified atom stereocenters. The van der Waals surface area contributed by atoms with Crippen molar-refractivity contribution in [1.82, 2.24) is 0.732 Å². The van der Waals surface area contributed by atoms with Gasteiger partial charge >= 0.3 is 0 Å². The summed E-state index contributed by atoms with van der Waals surface area (Å²) in [7, 11) is -0.493. The Hall–Kier alpha value is 1.77. The van der Waals surface area contributed by atoms with Gasteiger partial charge < -0.3 is 0 Å². The fraction of sp³-hybridized carbons (Fsp3) is 1.00. The molecular weight excluding hydrogens is 396 g/mol. The Bertz CT molecular complexity index is 144. The summed E-state index contributed by atoms with van der Waals surface area (Å²) in [6, 6.07) is 0. The maximum absolute atomic E-state index is 2.45. The smallest absolute Gasteiger partial charge is 0.0414 e. The third kappa shape index (κ3) is 2.88. The zero-order valence-corrected chi connectivity index (χ0v) is 12.9. The molecule has 0 atom stereocenters. The van der Waals surface area contributed by atoms with E-state index in [-0.39, 0.29) is 0 Å². The van der Waals surface area contributed by atoms with Crippen molar-refractivity contribution in [2.45, 2.75) is 37.4 Å². The van der Waals surface area contributed by atoms with Crippen LogP contribution < -0.4 is 0 Å². The van der Waals surface area contributed by atoms with Crippen molar-refractivity contribution < 1.29 is 0 Å². The Labute approximate surface area is 105 Å². The zero-order chi connectivity index (χ0) is 9.19. The lowest BCUT2D eigenvalue weighted by molar-refractivity contribution is 0.511. The summed E-state index contributed by atoms with van der Waals surface area (Å²) < 4.78 is 2.40. The molecule has 0 N–H and O–H groups in total. The predicted octanol–water partition coefficient (Wildman–Crippen LogP) is 4.30. The van der Waals surface area contributed by atoms with Crippen molar-refractivity contribution in [3.63, 3.8) is 0 Å². The first-order valence-electron chi connectivity index (χ1n) is 4.39. The Kier molecular flexibility index (Phi) is 4.96. The van der Waals surface area contributed by atoms with E-state index in [0.29, 0.717) is 0 Å². The quantitative estimate of drug-likeness (QED) is 0.482. The lowest BCUT2D eigenvalue weighted by atomic mass is 10.0. The molecule has 12 heavy (non-hydrogen) atoms. The molecule has 1 rings (SSSR count). The molecule has 1 aliphatic carbocycles. The number of halogens is 2. The van der Waals surface area contributed by atoms with Gasteiger partial charge in [-0.2, -0.15) is 10.2 Å². The minimum absolute atomic E-state index is 0.493. The second-order valence-electron chi connectivity index (χ2n) is 3.81. The van der Waals surface area contributed by atoms with E-state index in [9.17, 15) is 0 Å². The predicted molar refractivity (Wildman–Crippen MR) is 76.2 cm³/mol. The number of hydrogen-bond acceptors (Lipinski definition) is 1. The van der Waals surface area contributed by atoms with Gasteiger partial charge in [0.2, 0.25) is 0 Å². The molecule has 1 nitrogen and oxygen atoms in total. The minimum Gasteiger partial charge on any atom is -0.170 e. The van der Waals surface area contributed by atoms with Gasteiger partial charge in [-0.3, -0.25) is 0 Å². The molecule has 0 heterocycles. The summed E-state index contributed by atoms with van der Waals surface area (Å²) in [6.45, 7) is 0. The topological polar surface area (TPSA) is 3.24 Å². The van der Waals surface area contributed by atoms with Crippen LogP contribution in [-0.2, 0) is 0 Å². The van der Waals surface area contributed by atoms with Gasteiger partial charge in [0.1, 0.15) is 0 Å². The minimum atomic E-state index is -0.493. The van der Waals surface area contributed by atoms with Crippen LogP contribution in [0.5, 0.6) is 0 Å². The van der Waals surface area contributed by atoms with Crippen molar-refractivity contribution in [1.29, 1.82) is 0 Å². The van der Waals surface area contributed by atoms with Crippen LogP contribution in [0.3, 0.4) is 0 Å². The largest absolute Gasteiger partial charge is 0.170 e. The Balaban J connectivity index is 2.53. The van der Waals surface area contributed by atoms with Crippen LogP contribution in [0, 0.1) is 0 Å². The van der Waals surface area contributed by atoms with Crippen molar-refractivity contribution in [3.8, 4) is 0 Å². The van der Waals surface area contributed by atoms with Gasteiger partial charge in [0.15, 0.2) is 0 Å². The third-order valence-electron chi connectivity index (χ3n) is 2.72. The highest BCUT2D eigenvalue weighted by atomic mass is 127. The molecule has 1 aliphatic rings. The van der Waals surface area contributed by atoms with Crippen molar-refractivity contribution >= 4 is 55.9 Å². The Morgan fingerprint density at radius 3 is 2.00 bits per heavy atom. The van der Waals surface area contributed by atoms with Gasteiger partial charge in [-0.1, -0.05) is 19.3 Å². The summed E-state index contributed by atoms with van der Waals surface area (Å²) in [5, 5.41) is 0.986. The van der Waals surface area contributed by atoms with Gasteiger partial charge in [0, 0.05) is 51.0 Å². The van der Waals surface area contributed by atoms with Gasteiger partial charge in [-0.25, -0.2) is 0 Å². The number of rotatable bonds is 2. The highest BCUT2D eigenvalue weighted by Gasteiger charge is 2.29. The molecule has 1 fully saturated rings. The van der Waals surface area contributed by atoms with Crippen molar-refractivity contribution in [3.05, 3.63) is 0 Å². The monoisotopic (exact) mass is 413 g/mol. The van der Waals surface area contributed by atoms with Crippen LogP contribution in [0.4, 0.5) is 0 Å². The summed E-state index contributed by atoms with van der Waals surface area (Å²) in [5.41, 5.74) is 0. The first-order valence-corrected chi connectivity index (χ1v) is 8.79. The van der Waals surface area contributed by atoms with E-state index < -0.39 is 10.2 Å². The molecule has 0 aromatic heterocycles. The van der Waals surface area contributed by atoms with Gasteiger partial charge in [-0.15, -0.1) is 0.732 Å². The second kappa shape index (κ2) is 5.02. The highest BCUT2D eigenvalue weighted by Crippen LogP contribution is 2.57. The molecule has 0 amide bonds. The van der Waals surface area contributed by atoms with Crippen LogP contribution in [0.1, 0.15) is 32.1 Å². The third-order valence-corrected chi connectivity index (χ3v) is 11.6. The number of hydrogen-bond donors (Lipinski definition) is 0. The average molecular weight is 413 g/mol. The molecule has 0 saturated heterocycles. The molecule has 0 radical (unpaired) electrons. The molecule has 0 spiro atoms. The van der Waals surface area contributed by atoms with E-state index in [0.717, 1.165) is 5.25 Å². The summed E-state index contributed by atoms with van der Waals surface area (Å²) in [4.78, 5) is 0. The molecule has 74 valence electrons.